The van der Waals surface area contributed by atoms with E-state index in [2.05, 4.69) is 62.2 Å². The molecule has 1 saturated heterocycles. The largest absolute Gasteiger partial charge is 0.384 e. The molecule has 1 fully saturated rings. The summed E-state index contributed by atoms with van der Waals surface area (Å²) in [4.78, 5) is 2.60. The van der Waals surface area contributed by atoms with Gasteiger partial charge in [0.25, 0.3) is 0 Å². The van der Waals surface area contributed by atoms with Gasteiger partial charge in [0.05, 0.1) is 0 Å². The zero-order valence-corrected chi connectivity index (χ0v) is 13.6. The Kier molecular flexibility index (Phi) is 5.09. The summed E-state index contributed by atoms with van der Waals surface area (Å²) in [6.07, 6.45) is 2.71. The third-order valence-electron chi connectivity index (χ3n) is 4.59. The number of anilines is 1. The van der Waals surface area contributed by atoms with Crippen LogP contribution in [0, 0.1) is 18.3 Å². The minimum atomic E-state index is 0.478. The van der Waals surface area contributed by atoms with E-state index in [-0.39, 0.29) is 0 Å². The second kappa shape index (κ2) is 6.62. The van der Waals surface area contributed by atoms with Crippen LogP contribution >= 0.6 is 0 Å². The lowest BCUT2D eigenvalue weighted by Gasteiger charge is -2.38. The molecule has 1 aliphatic rings. The van der Waals surface area contributed by atoms with E-state index in [0.29, 0.717) is 5.41 Å². The van der Waals surface area contributed by atoms with Gasteiger partial charge in [-0.3, -0.25) is 0 Å². The Morgan fingerprint density at radius 2 is 1.90 bits per heavy atom. The third kappa shape index (κ3) is 4.52. The highest BCUT2D eigenvalue weighted by Crippen LogP contribution is 2.34. The van der Waals surface area contributed by atoms with E-state index in [1.54, 1.807) is 0 Å². The molecule has 0 bridgehead atoms. The number of likely N-dealkylation sites (tertiary alicyclic amines) is 1. The fourth-order valence-corrected chi connectivity index (χ4v) is 3.14. The van der Waals surface area contributed by atoms with Crippen LogP contribution in [0.2, 0.25) is 0 Å². The lowest BCUT2D eigenvalue weighted by atomic mass is 9.75. The summed E-state index contributed by atoms with van der Waals surface area (Å²) in [6.45, 7) is 14.0. The van der Waals surface area contributed by atoms with Crippen LogP contribution in [0.3, 0.4) is 0 Å². The van der Waals surface area contributed by atoms with Gasteiger partial charge < -0.3 is 10.2 Å². The highest BCUT2D eigenvalue weighted by molar-refractivity contribution is 5.45. The fourth-order valence-electron chi connectivity index (χ4n) is 3.14. The molecule has 1 aliphatic heterocycles. The maximum atomic E-state index is 3.53. The van der Waals surface area contributed by atoms with Gasteiger partial charge >= 0.3 is 0 Å². The molecule has 0 amide bonds. The second-order valence-corrected chi connectivity index (χ2v) is 7.28. The van der Waals surface area contributed by atoms with E-state index < -0.39 is 0 Å². The van der Waals surface area contributed by atoms with Crippen LogP contribution in [0.5, 0.6) is 0 Å². The number of hydrogen-bond acceptors (Lipinski definition) is 2. The Hall–Kier alpha value is -1.02. The molecule has 2 nitrogen and oxygen atoms in total. The van der Waals surface area contributed by atoms with E-state index in [1.807, 2.05) is 0 Å². The molecule has 1 aromatic rings. The number of nitrogens with zero attached hydrogens (tertiary/aromatic N) is 1. The molecule has 0 aromatic heterocycles. The van der Waals surface area contributed by atoms with Crippen molar-refractivity contribution in [3.05, 3.63) is 29.8 Å². The molecule has 0 aliphatic carbocycles. The molecular formula is C18H30N2. The molecule has 1 heterocycles. The molecule has 0 unspecified atom stereocenters. The first-order chi connectivity index (χ1) is 9.45. The van der Waals surface area contributed by atoms with Crippen molar-refractivity contribution in [1.82, 2.24) is 4.90 Å². The standard InChI is InChI=1S/C18H30N2/c1-15-6-5-7-17(14-15)19-10-13-20-11-8-16(9-12-20)18(2,3)4/h5-7,14,16,19H,8-13H2,1-4H3. The highest BCUT2D eigenvalue weighted by atomic mass is 15.1. The van der Waals surface area contributed by atoms with Gasteiger partial charge in [-0.15, -0.1) is 0 Å². The first kappa shape index (κ1) is 15.4. The Balaban J connectivity index is 1.69. The average molecular weight is 274 g/mol. The molecule has 0 saturated carbocycles. The van der Waals surface area contributed by atoms with Crippen molar-refractivity contribution in [2.45, 2.75) is 40.5 Å². The summed E-state index contributed by atoms with van der Waals surface area (Å²) in [6, 6.07) is 8.62. The van der Waals surface area contributed by atoms with Crippen LogP contribution < -0.4 is 5.32 Å². The maximum absolute atomic E-state index is 3.53. The lowest BCUT2D eigenvalue weighted by Crippen LogP contribution is -2.40. The zero-order valence-electron chi connectivity index (χ0n) is 13.6. The van der Waals surface area contributed by atoms with Crippen LogP contribution in [0.25, 0.3) is 0 Å². The SMILES string of the molecule is Cc1cccc(NCCN2CCC(C(C)(C)C)CC2)c1. The predicted molar refractivity (Wildman–Crippen MR) is 88.3 cm³/mol. The van der Waals surface area contributed by atoms with Crippen LogP contribution in [-0.2, 0) is 0 Å². The van der Waals surface area contributed by atoms with Crippen LogP contribution in [-0.4, -0.2) is 31.1 Å². The van der Waals surface area contributed by atoms with Crippen LogP contribution in [0.4, 0.5) is 5.69 Å². The summed E-state index contributed by atoms with van der Waals surface area (Å²) in [7, 11) is 0. The number of nitrogens with one attached hydrogen (secondary N) is 1. The van der Waals surface area contributed by atoms with E-state index in [1.165, 1.54) is 37.2 Å². The van der Waals surface area contributed by atoms with Gasteiger partial charge in [-0.25, -0.2) is 0 Å². The normalized spacial score (nSPS) is 18.2. The zero-order chi connectivity index (χ0) is 14.6. The van der Waals surface area contributed by atoms with Gasteiger partial charge in [0, 0.05) is 18.8 Å². The first-order valence-corrected chi connectivity index (χ1v) is 7.98. The van der Waals surface area contributed by atoms with Crippen molar-refractivity contribution in [1.29, 1.82) is 0 Å². The van der Waals surface area contributed by atoms with Crippen molar-refractivity contribution in [2.75, 3.05) is 31.5 Å². The summed E-state index contributed by atoms with van der Waals surface area (Å²) in [5, 5.41) is 3.53. The first-order valence-electron chi connectivity index (χ1n) is 7.98. The number of piperidine rings is 1. The molecule has 0 atom stereocenters. The van der Waals surface area contributed by atoms with Gasteiger partial charge in [-0.2, -0.15) is 0 Å². The summed E-state index contributed by atoms with van der Waals surface area (Å²) >= 11 is 0. The Morgan fingerprint density at radius 1 is 1.20 bits per heavy atom. The van der Waals surface area contributed by atoms with E-state index in [9.17, 15) is 0 Å². The molecule has 1 aromatic carbocycles. The van der Waals surface area contributed by atoms with Crippen LogP contribution in [0.1, 0.15) is 39.2 Å². The summed E-state index contributed by atoms with van der Waals surface area (Å²) in [5.41, 5.74) is 3.04. The monoisotopic (exact) mass is 274 g/mol. The summed E-state index contributed by atoms with van der Waals surface area (Å²) in [5.74, 6) is 0.892. The molecule has 112 valence electrons. The number of aryl methyl sites for hydroxylation is 1. The van der Waals surface area contributed by atoms with E-state index in [4.69, 9.17) is 0 Å². The van der Waals surface area contributed by atoms with E-state index in [0.717, 1.165) is 19.0 Å². The molecule has 2 heteroatoms. The minimum Gasteiger partial charge on any atom is -0.384 e. The Bertz CT molecular complexity index is 412. The Morgan fingerprint density at radius 3 is 2.50 bits per heavy atom. The second-order valence-electron chi connectivity index (χ2n) is 7.28. The number of rotatable bonds is 4. The molecule has 0 radical (unpaired) electrons. The maximum Gasteiger partial charge on any atom is 0.0343 e. The van der Waals surface area contributed by atoms with Crippen LogP contribution in [0.15, 0.2) is 24.3 Å². The predicted octanol–water partition coefficient (Wildman–Crippen LogP) is 4.17. The smallest absolute Gasteiger partial charge is 0.0343 e. The molecular weight excluding hydrogens is 244 g/mol. The van der Waals surface area contributed by atoms with Crippen molar-refractivity contribution in [2.24, 2.45) is 11.3 Å². The molecule has 2 rings (SSSR count). The minimum absolute atomic E-state index is 0.478. The van der Waals surface area contributed by atoms with Gasteiger partial charge in [0.2, 0.25) is 0 Å². The van der Waals surface area contributed by atoms with Crippen molar-refractivity contribution in [3.63, 3.8) is 0 Å². The quantitative estimate of drug-likeness (QED) is 0.886. The summed E-state index contributed by atoms with van der Waals surface area (Å²) < 4.78 is 0. The van der Waals surface area contributed by atoms with Gasteiger partial charge in [0.15, 0.2) is 0 Å². The number of benzene rings is 1. The fraction of sp³-hybridized carbons (Fsp3) is 0.667. The number of hydrogen-bond donors (Lipinski definition) is 1. The van der Waals surface area contributed by atoms with Crippen molar-refractivity contribution in [3.8, 4) is 0 Å². The highest BCUT2D eigenvalue weighted by Gasteiger charge is 2.28. The molecule has 1 N–H and O–H groups in total. The van der Waals surface area contributed by atoms with Gasteiger partial charge in [-0.1, -0.05) is 32.9 Å². The van der Waals surface area contributed by atoms with Crippen molar-refractivity contribution < 1.29 is 0 Å². The van der Waals surface area contributed by atoms with Gasteiger partial charge in [0.1, 0.15) is 0 Å². The lowest BCUT2D eigenvalue weighted by molar-refractivity contribution is 0.115. The van der Waals surface area contributed by atoms with Crippen molar-refractivity contribution >= 4 is 5.69 Å². The Labute approximate surface area is 124 Å². The van der Waals surface area contributed by atoms with E-state index >= 15 is 0 Å². The molecule has 0 spiro atoms. The average Bonchev–Trinajstić information content (AvgIpc) is 2.38. The molecule has 20 heavy (non-hydrogen) atoms. The van der Waals surface area contributed by atoms with Gasteiger partial charge in [-0.05, 0) is 61.9 Å². The topological polar surface area (TPSA) is 15.3 Å². The third-order valence-corrected chi connectivity index (χ3v) is 4.59.